The van der Waals surface area contributed by atoms with Crippen LogP contribution in [0.25, 0.3) is 17.1 Å². The Balaban J connectivity index is 1.77. The van der Waals surface area contributed by atoms with Gasteiger partial charge in [-0.1, -0.05) is 47.6 Å². The summed E-state index contributed by atoms with van der Waals surface area (Å²) in [4.78, 5) is 4.18. The van der Waals surface area contributed by atoms with Crippen LogP contribution in [0, 0.1) is 6.92 Å². The van der Waals surface area contributed by atoms with Crippen molar-refractivity contribution in [2.45, 2.75) is 17.8 Å². The molecule has 2 heterocycles. The SMILES string of the molecule is Cc1ccccc1-n1c(SCc2cccnc2)nnc1-c1ccc(Cl)cc1. The molecule has 0 unspecified atom stereocenters. The van der Waals surface area contributed by atoms with Gasteiger partial charge in [-0.2, -0.15) is 0 Å². The number of aromatic nitrogens is 4. The number of hydrogen-bond donors (Lipinski definition) is 0. The average Bonchev–Trinajstić information content (AvgIpc) is 3.12. The van der Waals surface area contributed by atoms with Gasteiger partial charge in [0.1, 0.15) is 0 Å². The highest BCUT2D eigenvalue weighted by atomic mass is 35.5. The summed E-state index contributed by atoms with van der Waals surface area (Å²) in [5.41, 5.74) is 4.36. The molecule has 0 radical (unpaired) electrons. The van der Waals surface area contributed by atoms with Gasteiger partial charge in [0.05, 0.1) is 5.69 Å². The van der Waals surface area contributed by atoms with Crippen LogP contribution in [0.4, 0.5) is 0 Å². The van der Waals surface area contributed by atoms with Crippen molar-refractivity contribution in [1.29, 1.82) is 0 Å². The lowest BCUT2D eigenvalue weighted by molar-refractivity contribution is 0.880. The third kappa shape index (κ3) is 3.89. The lowest BCUT2D eigenvalue weighted by Gasteiger charge is -2.13. The van der Waals surface area contributed by atoms with Crippen LogP contribution in [0.5, 0.6) is 0 Å². The largest absolute Gasteiger partial charge is 0.270 e. The third-order valence-electron chi connectivity index (χ3n) is 4.18. The smallest absolute Gasteiger partial charge is 0.196 e. The molecule has 134 valence electrons. The number of thioether (sulfide) groups is 1. The van der Waals surface area contributed by atoms with Gasteiger partial charge < -0.3 is 0 Å². The number of hydrogen-bond acceptors (Lipinski definition) is 4. The second-order valence-corrected chi connectivity index (χ2v) is 7.46. The van der Waals surface area contributed by atoms with Gasteiger partial charge in [0.25, 0.3) is 0 Å². The van der Waals surface area contributed by atoms with E-state index in [0.29, 0.717) is 5.02 Å². The van der Waals surface area contributed by atoms with Gasteiger partial charge in [0, 0.05) is 28.7 Å². The van der Waals surface area contributed by atoms with Crippen LogP contribution in [0.1, 0.15) is 11.1 Å². The normalized spacial score (nSPS) is 10.9. The van der Waals surface area contributed by atoms with E-state index in [0.717, 1.165) is 39.1 Å². The van der Waals surface area contributed by atoms with Crippen molar-refractivity contribution in [2.75, 3.05) is 0 Å². The quantitative estimate of drug-likeness (QED) is 0.415. The van der Waals surface area contributed by atoms with E-state index in [-0.39, 0.29) is 0 Å². The Hall–Kier alpha value is -2.63. The summed E-state index contributed by atoms with van der Waals surface area (Å²) in [7, 11) is 0. The van der Waals surface area contributed by atoms with Crippen LogP contribution in [0.3, 0.4) is 0 Å². The molecule has 0 fully saturated rings. The van der Waals surface area contributed by atoms with E-state index in [1.807, 2.05) is 48.7 Å². The fourth-order valence-corrected chi connectivity index (χ4v) is 3.82. The van der Waals surface area contributed by atoms with Crippen LogP contribution in [-0.4, -0.2) is 19.7 Å². The standard InChI is InChI=1S/C21H17ClN4S/c1-15-5-2-3-7-19(15)26-20(17-8-10-18(22)11-9-17)24-25-21(26)27-14-16-6-4-12-23-13-16/h2-13H,14H2,1H3. The van der Waals surface area contributed by atoms with Gasteiger partial charge in [-0.25, -0.2) is 0 Å². The average molecular weight is 393 g/mol. The molecule has 0 aliphatic rings. The minimum absolute atomic E-state index is 0.701. The highest BCUT2D eigenvalue weighted by Crippen LogP contribution is 2.31. The highest BCUT2D eigenvalue weighted by Gasteiger charge is 2.17. The van der Waals surface area contributed by atoms with Crippen molar-refractivity contribution in [3.63, 3.8) is 0 Å². The molecule has 0 bridgehead atoms. The van der Waals surface area contributed by atoms with Crippen LogP contribution in [0.15, 0.2) is 78.2 Å². The zero-order valence-electron chi connectivity index (χ0n) is 14.7. The van der Waals surface area contributed by atoms with Gasteiger partial charge in [-0.15, -0.1) is 10.2 Å². The fraction of sp³-hybridized carbons (Fsp3) is 0.0952. The summed E-state index contributed by atoms with van der Waals surface area (Å²) in [6.07, 6.45) is 3.66. The van der Waals surface area contributed by atoms with E-state index >= 15 is 0 Å². The molecule has 0 amide bonds. The Morgan fingerprint density at radius 1 is 0.963 bits per heavy atom. The summed E-state index contributed by atoms with van der Waals surface area (Å²) < 4.78 is 2.11. The van der Waals surface area contributed by atoms with Crippen molar-refractivity contribution < 1.29 is 0 Å². The van der Waals surface area contributed by atoms with Gasteiger partial charge >= 0.3 is 0 Å². The summed E-state index contributed by atoms with van der Waals surface area (Å²) in [5, 5.41) is 10.5. The van der Waals surface area contributed by atoms with Crippen molar-refractivity contribution in [1.82, 2.24) is 19.7 Å². The lowest BCUT2D eigenvalue weighted by atomic mass is 10.1. The van der Waals surface area contributed by atoms with E-state index < -0.39 is 0 Å². The predicted molar refractivity (Wildman–Crippen MR) is 110 cm³/mol. The Morgan fingerprint density at radius 2 is 1.78 bits per heavy atom. The third-order valence-corrected chi connectivity index (χ3v) is 5.43. The van der Waals surface area contributed by atoms with Crippen LogP contribution in [0.2, 0.25) is 5.02 Å². The minimum atomic E-state index is 0.701. The predicted octanol–water partition coefficient (Wildman–Crippen LogP) is 5.58. The maximum atomic E-state index is 6.05. The van der Waals surface area contributed by atoms with E-state index in [9.17, 15) is 0 Å². The molecular weight excluding hydrogens is 376 g/mol. The summed E-state index contributed by atoms with van der Waals surface area (Å²) >= 11 is 7.70. The number of rotatable bonds is 5. The first-order valence-corrected chi connectivity index (χ1v) is 9.88. The van der Waals surface area contributed by atoms with Gasteiger partial charge in [-0.3, -0.25) is 9.55 Å². The summed E-state index contributed by atoms with van der Waals surface area (Å²) in [6.45, 7) is 2.09. The fourth-order valence-electron chi connectivity index (χ4n) is 2.81. The molecule has 0 saturated carbocycles. The van der Waals surface area contributed by atoms with Gasteiger partial charge in [0.2, 0.25) is 0 Å². The number of aryl methyl sites for hydroxylation is 1. The number of benzene rings is 2. The van der Waals surface area contributed by atoms with Crippen LogP contribution < -0.4 is 0 Å². The monoisotopic (exact) mass is 392 g/mol. The molecule has 4 nitrogen and oxygen atoms in total. The van der Waals surface area contributed by atoms with E-state index in [2.05, 4.69) is 44.9 Å². The Kier molecular flexibility index (Phi) is 5.23. The van der Waals surface area contributed by atoms with Crippen molar-refractivity contribution in [3.05, 3.63) is 89.2 Å². The summed E-state index contributed by atoms with van der Waals surface area (Å²) in [6, 6.07) is 19.9. The maximum Gasteiger partial charge on any atom is 0.196 e. The molecule has 6 heteroatoms. The first kappa shape index (κ1) is 17.8. The molecule has 0 aliphatic carbocycles. The van der Waals surface area contributed by atoms with Gasteiger partial charge in [0.15, 0.2) is 11.0 Å². The minimum Gasteiger partial charge on any atom is -0.270 e. The molecule has 0 atom stereocenters. The molecule has 0 spiro atoms. The molecule has 0 N–H and O–H groups in total. The Labute approximate surface area is 167 Å². The first-order valence-electron chi connectivity index (χ1n) is 8.51. The first-order chi connectivity index (χ1) is 13.2. The number of pyridine rings is 1. The highest BCUT2D eigenvalue weighted by molar-refractivity contribution is 7.98. The molecule has 4 rings (SSSR count). The van der Waals surface area contributed by atoms with Crippen molar-refractivity contribution in [3.8, 4) is 17.1 Å². The van der Waals surface area contributed by atoms with E-state index in [4.69, 9.17) is 11.6 Å². The maximum absolute atomic E-state index is 6.05. The Bertz CT molecular complexity index is 1050. The molecule has 27 heavy (non-hydrogen) atoms. The van der Waals surface area contributed by atoms with Crippen LogP contribution in [-0.2, 0) is 5.75 Å². The van der Waals surface area contributed by atoms with Crippen molar-refractivity contribution in [2.24, 2.45) is 0 Å². The van der Waals surface area contributed by atoms with Crippen LogP contribution >= 0.6 is 23.4 Å². The summed E-state index contributed by atoms with van der Waals surface area (Å²) in [5.74, 6) is 1.58. The molecule has 0 aliphatic heterocycles. The number of para-hydroxylation sites is 1. The van der Waals surface area contributed by atoms with E-state index in [1.54, 1.807) is 18.0 Å². The second-order valence-electron chi connectivity index (χ2n) is 6.08. The van der Waals surface area contributed by atoms with Gasteiger partial charge in [-0.05, 0) is 54.4 Å². The lowest BCUT2D eigenvalue weighted by Crippen LogP contribution is -2.02. The Morgan fingerprint density at radius 3 is 2.52 bits per heavy atom. The zero-order chi connectivity index (χ0) is 18.6. The second kappa shape index (κ2) is 7.94. The van der Waals surface area contributed by atoms with E-state index in [1.165, 1.54) is 0 Å². The molecule has 4 aromatic rings. The molecule has 0 saturated heterocycles. The molecule has 2 aromatic heterocycles. The van der Waals surface area contributed by atoms with Crippen molar-refractivity contribution >= 4 is 23.4 Å². The number of nitrogens with zero attached hydrogens (tertiary/aromatic N) is 4. The topological polar surface area (TPSA) is 43.6 Å². The number of halogens is 1. The molecular formula is C21H17ClN4S. The molecule has 2 aromatic carbocycles. The zero-order valence-corrected chi connectivity index (χ0v) is 16.3.